The number of rotatable bonds is 10. The summed E-state index contributed by atoms with van der Waals surface area (Å²) in [5.41, 5.74) is 0.779. The van der Waals surface area contributed by atoms with E-state index in [1.807, 2.05) is 30.3 Å². The highest BCUT2D eigenvalue weighted by molar-refractivity contribution is 5.96. The highest BCUT2D eigenvalue weighted by Crippen LogP contribution is 2.04. The minimum absolute atomic E-state index is 0.181. The van der Waals surface area contributed by atoms with Gasteiger partial charge in [0.05, 0.1) is 13.2 Å². The lowest BCUT2D eigenvalue weighted by Gasteiger charge is -2.21. The highest BCUT2D eigenvalue weighted by Gasteiger charge is 2.09. The molecule has 0 atom stereocenters. The third-order valence-corrected chi connectivity index (χ3v) is 2.97. The van der Waals surface area contributed by atoms with Crippen molar-refractivity contribution in [1.82, 2.24) is 4.90 Å². The Balaban J connectivity index is 2.39. The summed E-state index contributed by atoms with van der Waals surface area (Å²) >= 11 is 0. The van der Waals surface area contributed by atoms with Gasteiger partial charge in [0, 0.05) is 45.8 Å². The number of carbonyl (C=O) groups excluding carboxylic acids is 1. The van der Waals surface area contributed by atoms with Crippen LogP contribution >= 0.6 is 0 Å². The van der Waals surface area contributed by atoms with E-state index < -0.39 is 0 Å². The second kappa shape index (κ2) is 9.67. The van der Waals surface area contributed by atoms with Crippen LogP contribution in [0.5, 0.6) is 0 Å². The first-order chi connectivity index (χ1) is 9.27. The van der Waals surface area contributed by atoms with E-state index in [2.05, 4.69) is 4.90 Å². The molecule has 0 unspecified atom stereocenters. The Morgan fingerprint density at radius 2 is 1.58 bits per heavy atom. The maximum Gasteiger partial charge on any atom is 0.164 e. The summed E-state index contributed by atoms with van der Waals surface area (Å²) in [5.74, 6) is 0.181. The van der Waals surface area contributed by atoms with Crippen LogP contribution in [0.2, 0.25) is 0 Å². The minimum Gasteiger partial charge on any atom is -0.383 e. The normalized spacial score (nSPS) is 10.9. The van der Waals surface area contributed by atoms with Gasteiger partial charge in [-0.2, -0.15) is 0 Å². The first kappa shape index (κ1) is 15.8. The van der Waals surface area contributed by atoms with Crippen LogP contribution in [0.4, 0.5) is 0 Å². The van der Waals surface area contributed by atoms with Gasteiger partial charge in [-0.25, -0.2) is 0 Å². The molecule has 106 valence electrons. The van der Waals surface area contributed by atoms with Crippen LogP contribution in [0.25, 0.3) is 0 Å². The third kappa shape index (κ3) is 6.47. The number of carbonyl (C=O) groups is 1. The van der Waals surface area contributed by atoms with Crippen LogP contribution in [-0.2, 0) is 9.47 Å². The van der Waals surface area contributed by atoms with Gasteiger partial charge in [0.15, 0.2) is 5.78 Å². The van der Waals surface area contributed by atoms with Crippen molar-refractivity contribution < 1.29 is 14.3 Å². The molecule has 0 aliphatic heterocycles. The van der Waals surface area contributed by atoms with E-state index in [9.17, 15) is 4.79 Å². The number of hydrogen-bond acceptors (Lipinski definition) is 4. The number of Topliss-reactive ketones (excluding diaryl/α,β-unsaturated/α-hetero) is 1. The molecule has 0 aliphatic rings. The molecular weight excluding hydrogens is 242 g/mol. The monoisotopic (exact) mass is 265 g/mol. The lowest BCUT2D eigenvalue weighted by atomic mass is 10.1. The zero-order chi connectivity index (χ0) is 13.9. The Kier molecular flexibility index (Phi) is 8.05. The molecule has 0 heterocycles. The molecule has 0 bridgehead atoms. The maximum absolute atomic E-state index is 12.0. The molecule has 0 saturated carbocycles. The van der Waals surface area contributed by atoms with Crippen molar-refractivity contribution in [1.29, 1.82) is 0 Å². The van der Waals surface area contributed by atoms with E-state index in [0.29, 0.717) is 19.6 Å². The predicted octanol–water partition coefficient (Wildman–Crippen LogP) is 1.85. The fourth-order valence-corrected chi connectivity index (χ4v) is 1.80. The minimum atomic E-state index is 0.181. The third-order valence-electron chi connectivity index (χ3n) is 2.97. The van der Waals surface area contributed by atoms with E-state index in [-0.39, 0.29) is 5.78 Å². The average Bonchev–Trinajstić information content (AvgIpc) is 2.47. The summed E-state index contributed by atoms with van der Waals surface area (Å²) in [4.78, 5) is 14.2. The molecule has 4 nitrogen and oxygen atoms in total. The number of nitrogens with zero attached hydrogens (tertiary/aromatic N) is 1. The number of ether oxygens (including phenoxy) is 2. The van der Waals surface area contributed by atoms with Gasteiger partial charge in [0.25, 0.3) is 0 Å². The Hall–Kier alpha value is -1.23. The van der Waals surface area contributed by atoms with E-state index >= 15 is 0 Å². The van der Waals surface area contributed by atoms with E-state index in [1.165, 1.54) is 0 Å². The smallest absolute Gasteiger partial charge is 0.164 e. The quantitative estimate of drug-likeness (QED) is 0.605. The van der Waals surface area contributed by atoms with Gasteiger partial charge in [0.1, 0.15) is 0 Å². The zero-order valence-corrected chi connectivity index (χ0v) is 11.8. The molecule has 0 radical (unpaired) electrons. The Morgan fingerprint density at radius 1 is 1.00 bits per heavy atom. The highest BCUT2D eigenvalue weighted by atomic mass is 16.5. The fourth-order valence-electron chi connectivity index (χ4n) is 1.80. The predicted molar refractivity (Wildman–Crippen MR) is 75.6 cm³/mol. The second-order valence-corrected chi connectivity index (χ2v) is 4.37. The van der Waals surface area contributed by atoms with Crippen molar-refractivity contribution in [2.24, 2.45) is 0 Å². The molecule has 0 amide bonds. The largest absolute Gasteiger partial charge is 0.383 e. The molecule has 0 saturated heterocycles. The van der Waals surface area contributed by atoms with Gasteiger partial charge in [-0.1, -0.05) is 30.3 Å². The number of ketones is 1. The van der Waals surface area contributed by atoms with E-state index in [0.717, 1.165) is 25.2 Å². The first-order valence-electron chi connectivity index (χ1n) is 6.56. The van der Waals surface area contributed by atoms with Gasteiger partial charge < -0.3 is 9.47 Å². The molecule has 0 aliphatic carbocycles. The zero-order valence-electron chi connectivity index (χ0n) is 11.8. The van der Waals surface area contributed by atoms with E-state index in [1.54, 1.807) is 14.2 Å². The van der Waals surface area contributed by atoms with Gasteiger partial charge in [-0.15, -0.1) is 0 Å². The van der Waals surface area contributed by atoms with Crippen LogP contribution in [0.15, 0.2) is 30.3 Å². The molecule has 0 spiro atoms. The van der Waals surface area contributed by atoms with Crippen LogP contribution in [0.3, 0.4) is 0 Å². The molecule has 0 N–H and O–H groups in total. The summed E-state index contributed by atoms with van der Waals surface area (Å²) in [5, 5.41) is 0. The molecular formula is C15H23NO3. The van der Waals surface area contributed by atoms with Gasteiger partial charge in [0.2, 0.25) is 0 Å². The van der Waals surface area contributed by atoms with Crippen molar-refractivity contribution in [3.63, 3.8) is 0 Å². The molecule has 1 aromatic rings. The standard InChI is InChI=1S/C15H23NO3/c1-18-12-10-16(11-13-19-2)9-8-15(17)14-6-4-3-5-7-14/h3-7H,8-13H2,1-2H3. The molecule has 1 rings (SSSR count). The first-order valence-corrected chi connectivity index (χ1v) is 6.56. The Bertz CT molecular complexity index is 346. The van der Waals surface area contributed by atoms with Crippen molar-refractivity contribution in [3.05, 3.63) is 35.9 Å². The lowest BCUT2D eigenvalue weighted by Crippen LogP contribution is -2.32. The summed E-state index contributed by atoms with van der Waals surface area (Å²) in [6.07, 6.45) is 0.525. The molecule has 0 fully saturated rings. The molecule has 1 aromatic carbocycles. The number of hydrogen-bond donors (Lipinski definition) is 0. The second-order valence-electron chi connectivity index (χ2n) is 4.37. The topological polar surface area (TPSA) is 38.8 Å². The van der Waals surface area contributed by atoms with Gasteiger partial charge >= 0.3 is 0 Å². The molecule has 19 heavy (non-hydrogen) atoms. The summed E-state index contributed by atoms with van der Waals surface area (Å²) in [6.45, 7) is 3.72. The average molecular weight is 265 g/mol. The Morgan fingerprint density at radius 3 is 2.11 bits per heavy atom. The van der Waals surface area contributed by atoms with Crippen molar-refractivity contribution in [2.45, 2.75) is 6.42 Å². The van der Waals surface area contributed by atoms with Gasteiger partial charge in [-0.05, 0) is 0 Å². The van der Waals surface area contributed by atoms with Crippen LogP contribution in [0.1, 0.15) is 16.8 Å². The van der Waals surface area contributed by atoms with Crippen LogP contribution < -0.4 is 0 Å². The SMILES string of the molecule is COCCN(CCOC)CCC(=O)c1ccccc1. The van der Waals surface area contributed by atoms with E-state index in [4.69, 9.17) is 9.47 Å². The summed E-state index contributed by atoms with van der Waals surface area (Å²) < 4.78 is 10.2. The summed E-state index contributed by atoms with van der Waals surface area (Å²) in [6, 6.07) is 9.41. The van der Waals surface area contributed by atoms with Crippen molar-refractivity contribution >= 4 is 5.78 Å². The molecule has 4 heteroatoms. The van der Waals surface area contributed by atoms with Gasteiger partial charge in [-0.3, -0.25) is 9.69 Å². The molecule has 0 aromatic heterocycles. The fraction of sp³-hybridized carbons (Fsp3) is 0.533. The summed E-state index contributed by atoms with van der Waals surface area (Å²) in [7, 11) is 3.37. The maximum atomic E-state index is 12.0. The van der Waals surface area contributed by atoms with Crippen molar-refractivity contribution in [2.75, 3.05) is 47.1 Å². The lowest BCUT2D eigenvalue weighted by molar-refractivity contribution is 0.0911. The van der Waals surface area contributed by atoms with Crippen molar-refractivity contribution in [3.8, 4) is 0 Å². The number of benzene rings is 1. The van der Waals surface area contributed by atoms with Crippen LogP contribution in [0, 0.1) is 0 Å². The Labute approximate surface area is 115 Å². The number of methoxy groups -OCH3 is 2. The van der Waals surface area contributed by atoms with Crippen LogP contribution in [-0.4, -0.2) is 57.8 Å².